The maximum absolute atomic E-state index is 12.3. The van der Waals surface area contributed by atoms with Gasteiger partial charge >= 0.3 is 6.18 Å². The summed E-state index contributed by atoms with van der Waals surface area (Å²) in [5, 5.41) is 2.87. The Labute approximate surface area is 116 Å². The fourth-order valence-corrected chi connectivity index (χ4v) is 2.43. The summed E-state index contributed by atoms with van der Waals surface area (Å²) in [6.07, 6.45) is -4.65. The van der Waals surface area contributed by atoms with Gasteiger partial charge in [-0.3, -0.25) is 0 Å². The minimum atomic E-state index is -4.65. The summed E-state index contributed by atoms with van der Waals surface area (Å²) in [6.45, 7) is 0. The van der Waals surface area contributed by atoms with E-state index in [4.69, 9.17) is 5.73 Å². The van der Waals surface area contributed by atoms with Gasteiger partial charge in [0.1, 0.15) is 0 Å². The molecular weight excluding hydrogens is 383 g/mol. The molecule has 0 radical (unpaired) electrons. The lowest BCUT2D eigenvalue weighted by molar-refractivity contribution is -0.146. The Balaban J connectivity index is 2.53. The molecule has 0 aliphatic heterocycles. The summed E-state index contributed by atoms with van der Waals surface area (Å²) in [6, 6.07) is 3.15. The van der Waals surface area contributed by atoms with Gasteiger partial charge in [0, 0.05) is 8.95 Å². The first kappa shape index (κ1) is 13.3. The van der Waals surface area contributed by atoms with Crippen LogP contribution in [0.15, 0.2) is 25.6 Å². The van der Waals surface area contributed by atoms with Crippen molar-refractivity contribution in [3.05, 3.63) is 26.9 Å². The molecule has 9 heteroatoms. The van der Waals surface area contributed by atoms with Crippen LogP contribution in [0.1, 0.15) is 5.82 Å². The van der Waals surface area contributed by atoms with E-state index < -0.39 is 12.0 Å². The zero-order valence-electron chi connectivity index (χ0n) is 8.42. The van der Waals surface area contributed by atoms with Gasteiger partial charge in [0.25, 0.3) is 11.7 Å². The second kappa shape index (κ2) is 4.54. The first-order chi connectivity index (χ1) is 8.29. The van der Waals surface area contributed by atoms with E-state index in [-0.39, 0.29) is 17.1 Å². The SMILES string of the molecule is Nc1c(Br)cc(Br)cc1-c1nc(C(F)(F)F)no1. The zero-order valence-corrected chi connectivity index (χ0v) is 11.6. The standard InChI is InChI=1S/C9H4Br2F3N3O/c10-3-1-4(6(15)5(11)2-3)7-16-8(17-18-7)9(12,13)14/h1-2H,15H2. The Bertz CT molecular complexity index is 597. The van der Waals surface area contributed by atoms with Gasteiger partial charge in [0.15, 0.2) is 0 Å². The Morgan fingerprint density at radius 2 is 1.89 bits per heavy atom. The molecule has 0 saturated carbocycles. The average molecular weight is 387 g/mol. The maximum atomic E-state index is 12.3. The average Bonchev–Trinajstić information content (AvgIpc) is 2.71. The summed E-state index contributed by atoms with van der Waals surface area (Å²) in [5.74, 6) is -1.63. The molecule has 1 heterocycles. The van der Waals surface area contributed by atoms with Gasteiger partial charge < -0.3 is 10.3 Å². The molecule has 0 spiro atoms. The molecular formula is C9H4Br2F3N3O. The van der Waals surface area contributed by atoms with Crippen LogP contribution in [0.25, 0.3) is 11.5 Å². The number of benzene rings is 1. The number of aromatic nitrogens is 2. The number of hydrogen-bond donors (Lipinski definition) is 1. The third kappa shape index (κ3) is 2.51. The minimum absolute atomic E-state index is 0.218. The topological polar surface area (TPSA) is 64.9 Å². The van der Waals surface area contributed by atoms with Crippen LogP contribution in [0, 0.1) is 0 Å². The van der Waals surface area contributed by atoms with E-state index in [1.165, 1.54) is 6.07 Å². The van der Waals surface area contributed by atoms with Gasteiger partial charge in [0.05, 0.1) is 11.3 Å². The summed E-state index contributed by atoms with van der Waals surface area (Å²) in [7, 11) is 0. The lowest BCUT2D eigenvalue weighted by Gasteiger charge is -2.04. The van der Waals surface area contributed by atoms with Crippen molar-refractivity contribution in [2.24, 2.45) is 0 Å². The molecule has 1 aromatic carbocycles. The number of alkyl halides is 3. The van der Waals surface area contributed by atoms with Crippen LogP contribution in [-0.4, -0.2) is 10.1 Å². The second-order valence-electron chi connectivity index (χ2n) is 3.27. The predicted octanol–water partition coefficient (Wildman–Crippen LogP) is 3.86. The van der Waals surface area contributed by atoms with E-state index in [1.54, 1.807) is 6.07 Å². The highest BCUT2D eigenvalue weighted by molar-refractivity contribution is 9.11. The van der Waals surface area contributed by atoms with Crippen LogP contribution in [-0.2, 0) is 6.18 Å². The molecule has 2 rings (SSSR count). The van der Waals surface area contributed by atoms with Gasteiger partial charge in [0.2, 0.25) is 0 Å². The number of anilines is 1. The molecule has 2 N–H and O–H groups in total. The number of hydrogen-bond acceptors (Lipinski definition) is 4. The summed E-state index contributed by atoms with van der Waals surface area (Å²) < 4.78 is 42.7. The molecule has 18 heavy (non-hydrogen) atoms. The van der Waals surface area contributed by atoms with E-state index in [1.807, 2.05) is 0 Å². The molecule has 2 aromatic rings. The van der Waals surface area contributed by atoms with Crippen LogP contribution < -0.4 is 5.73 Å². The van der Waals surface area contributed by atoms with Crippen molar-refractivity contribution in [3.8, 4) is 11.5 Å². The largest absolute Gasteiger partial charge is 0.455 e. The Morgan fingerprint density at radius 1 is 1.22 bits per heavy atom. The number of nitrogen functional groups attached to an aromatic ring is 1. The van der Waals surface area contributed by atoms with Crippen LogP contribution in [0.5, 0.6) is 0 Å². The lowest BCUT2D eigenvalue weighted by atomic mass is 10.2. The smallest absolute Gasteiger partial charge is 0.397 e. The normalized spacial score (nSPS) is 11.8. The second-order valence-corrected chi connectivity index (χ2v) is 5.04. The van der Waals surface area contributed by atoms with Crippen molar-refractivity contribution in [1.29, 1.82) is 0 Å². The molecule has 0 atom stereocenters. The van der Waals surface area contributed by atoms with Crippen LogP contribution in [0.4, 0.5) is 18.9 Å². The van der Waals surface area contributed by atoms with Crippen molar-refractivity contribution in [1.82, 2.24) is 10.1 Å². The van der Waals surface area contributed by atoms with Crippen molar-refractivity contribution in [2.45, 2.75) is 6.18 Å². The highest BCUT2D eigenvalue weighted by atomic mass is 79.9. The molecule has 0 unspecified atom stereocenters. The monoisotopic (exact) mass is 385 g/mol. The molecule has 0 bridgehead atoms. The third-order valence-corrected chi connectivity index (χ3v) is 3.12. The van der Waals surface area contributed by atoms with E-state index in [0.717, 1.165) is 0 Å². The molecule has 0 fully saturated rings. The van der Waals surface area contributed by atoms with Crippen LogP contribution >= 0.6 is 31.9 Å². The van der Waals surface area contributed by atoms with Gasteiger partial charge in [-0.15, -0.1) is 0 Å². The van der Waals surface area contributed by atoms with E-state index in [2.05, 4.69) is 46.5 Å². The Morgan fingerprint density at radius 3 is 2.44 bits per heavy atom. The van der Waals surface area contributed by atoms with Crippen molar-refractivity contribution in [3.63, 3.8) is 0 Å². The molecule has 0 amide bonds. The number of rotatable bonds is 1. The molecule has 1 aromatic heterocycles. The van der Waals surface area contributed by atoms with Crippen molar-refractivity contribution >= 4 is 37.5 Å². The highest BCUT2D eigenvalue weighted by Gasteiger charge is 2.37. The van der Waals surface area contributed by atoms with Crippen molar-refractivity contribution in [2.75, 3.05) is 5.73 Å². The fourth-order valence-electron chi connectivity index (χ4n) is 1.21. The lowest BCUT2D eigenvalue weighted by Crippen LogP contribution is -2.07. The third-order valence-electron chi connectivity index (χ3n) is 2.00. The Kier molecular flexibility index (Phi) is 3.37. The van der Waals surface area contributed by atoms with Gasteiger partial charge in [-0.1, -0.05) is 21.1 Å². The molecule has 4 nitrogen and oxygen atoms in total. The van der Waals surface area contributed by atoms with E-state index in [9.17, 15) is 13.2 Å². The first-order valence-electron chi connectivity index (χ1n) is 4.45. The summed E-state index contributed by atoms with van der Waals surface area (Å²) in [5.41, 5.74) is 6.16. The predicted molar refractivity (Wildman–Crippen MR) is 64.5 cm³/mol. The number of nitrogens with zero attached hydrogens (tertiary/aromatic N) is 2. The molecule has 96 valence electrons. The number of halogens is 5. The van der Waals surface area contributed by atoms with E-state index >= 15 is 0 Å². The van der Waals surface area contributed by atoms with Gasteiger partial charge in [-0.05, 0) is 28.1 Å². The van der Waals surface area contributed by atoms with Crippen LogP contribution in [0.2, 0.25) is 0 Å². The Hall–Kier alpha value is -1.09. The first-order valence-corrected chi connectivity index (χ1v) is 6.03. The highest BCUT2D eigenvalue weighted by Crippen LogP contribution is 2.36. The van der Waals surface area contributed by atoms with Gasteiger partial charge in [-0.25, -0.2) is 0 Å². The van der Waals surface area contributed by atoms with Gasteiger partial charge in [-0.2, -0.15) is 18.2 Å². The quantitative estimate of drug-likeness (QED) is 0.755. The van der Waals surface area contributed by atoms with E-state index in [0.29, 0.717) is 8.95 Å². The summed E-state index contributed by atoms with van der Waals surface area (Å²) in [4.78, 5) is 3.27. The number of nitrogens with two attached hydrogens (primary N) is 1. The zero-order chi connectivity index (χ0) is 13.5. The molecule has 0 aliphatic rings. The molecule has 0 aliphatic carbocycles. The fraction of sp³-hybridized carbons (Fsp3) is 0.111. The van der Waals surface area contributed by atoms with Crippen molar-refractivity contribution < 1.29 is 17.7 Å². The maximum Gasteiger partial charge on any atom is 0.455 e. The summed E-state index contributed by atoms with van der Waals surface area (Å²) >= 11 is 6.37. The molecule has 0 saturated heterocycles. The van der Waals surface area contributed by atoms with Crippen LogP contribution in [0.3, 0.4) is 0 Å². The minimum Gasteiger partial charge on any atom is -0.397 e.